The lowest BCUT2D eigenvalue weighted by Crippen LogP contribution is -2.82. The maximum absolute atomic E-state index is 11.3. The van der Waals surface area contributed by atoms with E-state index in [1.54, 1.807) is 0 Å². The summed E-state index contributed by atoms with van der Waals surface area (Å²) >= 11 is 0. The van der Waals surface area contributed by atoms with Crippen molar-refractivity contribution in [3.63, 3.8) is 0 Å². The molecule has 0 spiro atoms. The zero-order valence-corrected chi connectivity index (χ0v) is 14.5. The van der Waals surface area contributed by atoms with Crippen LogP contribution >= 0.6 is 30.7 Å². The lowest BCUT2D eigenvalue weighted by atomic mass is 9.82. The van der Waals surface area contributed by atoms with E-state index in [1.165, 1.54) is 0 Å². The minimum absolute atomic E-state index is 3.45. The number of aliphatic hydroxyl groups is 6. The van der Waals surface area contributed by atoms with Gasteiger partial charge in [-0.25, -0.2) is 36.5 Å². The van der Waals surface area contributed by atoms with Gasteiger partial charge in [0, 0.05) is 0 Å². The van der Waals surface area contributed by atoms with E-state index in [0.717, 1.165) is 0 Å². The molecular formula is C6H8O14P4. The van der Waals surface area contributed by atoms with Crippen LogP contribution in [0.3, 0.4) is 0 Å². The summed E-state index contributed by atoms with van der Waals surface area (Å²) in [4.78, 5) is 0. The molecule has 0 radical (unpaired) electrons. The largest absolute Gasteiger partial charge is 0.386 e. The summed E-state index contributed by atoms with van der Waals surface area (Å²) in [6.45, 7) is 0. The van der Waals surface area contributed by atoms with Crippen molar-refractivity contribution >= 4 is 30.7 Å². The van der Waals surface area contributed by atoms with E-state index in [-0.39, 0.29) is 0 Å². The van der Waals surface area contributed by atoms with E-state index in [4.69, 9.17) is 0 Å². The molecule has 1 aliphatic rings. The molecule has 0 heterocycles. The van der Waals surface area contributed by atoms with Crippen LogP contribution in [0, 0.1) is 0 Å². The number of hydrogen-bond donors (Lipinski definition) is 6. The van der Waals surface area contributed by atoms with E-state index in [1.807, 2.05) is 0 Å². The fraction of sp³-hybridized carbons (Fsp3) is 1.00. The first-order valence-corrected chi connectivity index (χ1v) is 10.1. The zero-order valence-electron chi connectivity index (χ0n) is 10.9. The van der Waals surface area contributed by atoms with Crippen molar-refractivity contribution in [1.29, 1.82) is 0 Å². The summed E-state index contributed by atoms with van der Waals surface area (Å²) in [5.74, 6) is 0. The highest BCUT2D eigenvalue weighted by Gasteiger charge is 2.89. The van der Waals surface area contributed by atoms with Gasteiger partial charge in [-0.3, -0.25) is 0 Å². The third-order valence-electron chi connectivity index (χ3n) is 3.72. The molecule has 0 bridgehead atoms. The van der Waals surface area contributed by atoms with Gasteiger partial charge < -0.3 is 30.6 Å². The highest BCUT2D eigenvalue weighted by Crippen LogP contribution is 2.68. The Morgan fingerprint density at radius 2 is 0.708 bits per heavy atom. The molecular weight excluding hydrogens is 420 g/mol. The summed E-state index contributed by atoms with van der Waals surface area (Å²) in [6.07, 6.45) is -6.91. The Morgan fingerprint density at radius 1 is 0.500 bits per heavy atom. The fourth-order valence-corrected chi connectivity index (χ4v) is 7.20. The second-order valence-corrected chi connectivity index (χ2v) is 9.43. The topological polar surface area (TPSA) is 258 Å². The second kappa shape index (κ2) is 5.96. The third kappa shape index (κ3) is 2.01. The van der Waals surface area contributed by atoms with Crippen molar-refractivity contribution in [2.75, 3.05) is 0 Å². The number of rotatable bonds is 4. The van der Waals surface area contributed by atoms with Gasteiger partial charge in [-0.15, -0.1) is 0 Å². The highest BCUT2D eigenvalue weighted by molar-refractivity contribution is 7.43. The lowest BCUT2D eigenvalue weighted by molar-refractivity contribution is -0.283. The Bertz CT molecular complexity index is 749. The van der Waals surface area contributed by atoms with E-state index >= 15 is 0 Å². The first kappa shape index (κ1) is 21.4. The van der Waals surface area contributed by atoms with E-state index in [2.05, 4.69) is 0 Å². The molecule has 0 aromatic rings. The van der Waals surface area contributed by atoms with Crippen LogP contribution < -0.4 is 0 Å². The van der Waals surface area contributed by atoms with Gasteiger partial charge in [0.05, 0.1) is 0 Å². The monoisotopic (exact) mass is 428 g/mol. The van der Waals surface area contributed by atoms with Crippen molar-refractivity contribution in [3.8, 4) is 0 Å². The van der Waals surface area contributed by atoms with Crippen LogP contribution in [0.5, 0.6) is 0 Å². The molecule has 0 saturated heterocycles. The molecule has 24 heavy (non-hydrogen) atoms. The predicted octanol–water partition coefficient (Wildman–Crippen LogP) is -1.83. The molecule has 18 heteroatoms. The maximum atomic E-state index is 11.3. The van der Waals surface area contributed by atoms with Crippen LogP contribution in [0.15, 0.2) is 0 Å². The third-order valence-corrected chi connectivity index (χ3v) is 8.93. The Hall–Kier alpha value is -0.640. The molecule has 1 fully saturated rings. The van der Waals surface area contributed by atoms with Crippen molar-refractivity contribution in [2.45, 2.75) is 33.6 Å². The Balaban J connectivity index is 4.30. The Kier molecular flexibility index (Phi) is 5.32. The van der Waals surface area contributed by atoms with E-state index in [9.17, 15) is 67.2 Å². The summed E-state index contributed by atoms with van der Waals surface area (Å²) in [5.41, 5.74) is 0. The van der Waals surface area contributed by atoms with Gasteiger partial charge in [-0.05, 0) is 0 Å². The van der Waals surface area contributed by atoms with Crippen molar-refractivity contribution in [2.24, 2.45) is 0 Å². The van der Waals surface area contributed by atoms with Crippen LogP contribution in [0.2, 0.25) is 0 Å². The average molecular weight is 428 g/mol. The van der Waals surface area contributed by atoms with Crippen molar-refractivity contribution in [3.05, 3.63) is 0 Å². The van der Waals surface area contributed by atoms with Crippen LogP contribution in [0.1, 0.15) is 0 Å². The fourth-order valence-electron chi connectivity index (χ4n) is 2.36. The molecule has 0 amide bonds. The second-order valence-electron chi connectivity index (χ2n) is 4.71. The predicted molar refractivity (Wildman–Crippen MR) is 65.0 cm³/mol. The first-order valence-electron chi connectivity index (χ1n) is 5.43. The standard InChI is InChI=1S/C6H8O14P4/c7-1-2(8)4(10,22(15)16)6(12,24(19)20)5(11,23(17)18)3(1,9)21(13)14/h1-2,7-12H/t1-,2+,3-,4-,5-,6-/m1/s1. The smallest absolute Gasteiger partial charge is 0.356 e. The Labute approximate surface area is 132 Å². The van der Waals surface area contributed by atoms with Gasteiger partial charge in [0.15, 0.2) is 0 Å². The zero-order chi connectivity index (χ0) is 19.5. The molecule has 6 atom stereocenters. The average Bonchev–Trinajstić information content (AvgIpc) is 2.47. The molecule has 1 aliphatic carbocycles. The molecule has 0 unspecified atom stereocenters. The minimum atomic E-state index is -4.98. The minimum Gasteiger partial charge on any atom is -0.386 e. The van der Waals surface area contributed by atoms with Gasteiger partial charge in [0.2, 0.25) is 10.7 Å². The van der Waals surface area contributed by atoms with Crippen LogP contribution in [0.25, 0.3) is 0 Å². The molecule has 0 aliphatic heterocycles. The summed E-state index contributed by atoms with van der Waals surface area (Å²) in [7, 11) is -19.5. The molecule has 14 nitrogen and oxygen atoms in total. The van der Waals surface area contributed by atoms with Gasteiger partial charge in [0.1, 0.15) is 12.2 Å². The molecule has 6 N–H and O–H groups in total. The molecule has 136 valence electrons. The van der Waals surface area contributed by atoms with Gasteiger partial charge in [-0.1, -0.05) is 0 Å². The summed E-state index contributed by atoms with van der Waals surface area (Å²) in [6, 6.07) is 0. The van der Waals surface area contributed by atoms with Crippen LogP contribution in [0.4, 0.5) is 0 Å². The number of hydrogen-bond acceptors (Lipinski definition) is 14. The molecule has 0 aromatic carbocycles. The molecule has 1 saturated carbocycles. The van der Waals surface area contributed by atoms with Crippen LogP contribution in [-0.4, -0.2) is 64.2 Å². The molecule has 0 aromatic heterocycles. The SMILES string of the molecule is O=P(=O)[C@@]1(O)[C@](O)(P(=O)=O)[C@](O)(P(=O)=O)[C@@H](O)[C@@H](O)[C@@]1(O)P(=O)=O. The highest BCUT2D eigenvalue weighted by atomic mass is 31.1. The van der Waals surface area contributed by atoms with E-state index in [0.29, 0.717) is 0 Å². The quantitative estimate of drug-likeness (QED) is 0.269. The van der Waals surface area contributed by atoms with Gasteiger partial charge >= 0.3 is 30.7 Å². The van der Waals surface area contributed by atoms with Crippen molar-refractivity contribution < 1.29 is 67.2 Å². The number of aliphatic hydroxyl groups excluding tert-OH is 2. The normalized spacial score (nSPS) is 45.4. The summed E-state index contributed by atoms with van der Waals surface area (Å²) < 4.78 is 90.0. The lowest BCUT2D eigenvalue weighted by Gasteiger charge is -2.53. The maximum Gasteiger partial charge on any atom is 0.356 e. The van der Waals surface area contributed by atoms with E-state index < -0.39 is 64.3 Å². The Morgan fingerprint density at radius 3 is 0.833 bits per heavy atom. The van der Waals surface area contributed by atoms with Crippen molar-refractivity contribution in [1.82, 2.24) is 0 Å². The summed E-state index contributed by atoms with van der Waals surface area (Å²) in [5, 5.41) is 40.3. The van der Waals surface area contributed by atoms with Gasteiger partial charge in [0.25, 0.3) is 10.7 Å². The van der Waals surface area contributed by atoms with Gasteiger partial charge in [-0.2, -0.15) is 0 Å². The molecule has 1 rings (SSSR count). The van der Waals surface area contributed by atoms with Crippen LogP contribution in [-0.2, 0) is 36.5 Å². The first-order chi connectivity index (χ1) is 10.6.